The van der Waals surface area contributed by atoms with Gasteiger partial charge < -0.3 is 15.3 Å². The molecule has 0 aromatic carbocycles. The topological polar surface area (TPSA) is 94.8 Å². The van der Waals surface area contributed by atoms with Gasteiger partial charge in [-0.2, -0.15) is 0 Å². The van der Waals surface area contributed by atoms with E-state index >= 15 is 0 Å². The molecule has 142 valence electrons. The molecule has 0 aliphatic heterocycles. The Kier molecular flexibility index (Phi) is 10.3. The molecule has 1 aliphatic rings. The summed E-state index contributed by atoms with van der Waals surface area (Å²) in [5.41, 5.74) is 1.91. The van der Waals surface area contributed by atoms with E-state index in [4.69, 9.17) is 5.11 Å². The average Bonchev–Trinajstić information content (AvgIpc) is 2.88. The lowest BCUT2D eigenvalue weighted by Crippen LogP contribution is -2.05. The average molecular weight is 352 g/mol. The van der Waals surface area contributed by atoms with E-state index in [1.807, 2.05) is 6.08 Å². The Hall–Kier alpha value is -1.46. The number of carbonyl (C=O) groups excluding carboxylic acids is 1. The number of unbranched alkanes of at least 4 members (excludes halogenated alkanes) is 3. The maximum absolute atomic E-state index is 12.0. The molecular weight excluding hydrogens is 320 g/mol. The highest BCUT2D eigenvalue weighted by atomic mass is 16.4. The van der Waals surface area contributed by atoms with Gasteiger partial charge in [-0.15, -0.1) is 0 Å². The number of hydrogen-bond acceptors (Lipinski definition) is 4. The van der Waals surface area contributed by atoms with Gasteiger partial charge in [-0.1, -0.05) is 25.0 Å². The minimum Gasteiger partial charge on any atom is -0.481 e. The van der Waals surface area contributed by atoms with Gasteiger partial charge in [-0.3, -0.25) is 9.59 Å². The Morgan fingerprint density at radius 2 is 1.80 bits per heavy atom. The normalized spacial score (nSPS) is 17.5. The smallest absolute Gasteiger partial charge is 0.303 e. The minimum atomic E-state index is -0.756. The fourth-order valence-electron chi connectivity index (χ4n) is 3.09. The van der Waals surface area contributed by atoms with Gasteiger partial charge in [0.2, 0.25) is 0 Å². The van der Waals surface area contributed by atoms with Crippen molar-refractivity contribution in [1.29, 1.82) is 0 Å². The van der Waals surface area contributed by atoms with Gasteiger partial charge in [0.05, 0.1) is 12.2 Å². The minimum absolute atomic E-state index is 0.203. The third kappa shape index (κ3) is 9.56. The molecule has 25 heavy (non-hydrogen) atoms. The van der Waals surface area contributed by atoms with Gasteiger partial charge in [0.15, 0.2) is 5.78 Å². The molecule has 3 N–H and O–H groups in total. The van der Waals surface area contributed by atoms with E-state index in [1.54, 1.807) is 13.0 Å². The second kappa shape index (κ2) is 12.0. The lowest BCUT2D eigenvalue weighted by Gasteiger charge is -2.07. The Bertz CT molecular complexity index is 490. The quantitative estimate of drug-likeness (QED) is 0.441. The summed E-state index contributed by atoms with van der Waals surface area (Å²) in [5, 5.41) is 27.8. The largest absolute Gasteiger partial charge is 0.481 e. The third-order valence-electron chi connectivity index (χ3n) is 4.55. The van der Waals surface area contributed by atoms with Gasteiger partial charge in [-0.25, -0.2) is 0 Å². The number of aliphatic hydroxyl groups excluding tert-OH is 2. The highest BCUT2D eigenvalue weighted by Gasteiger charge is 2.20. The zero-order valence-corrected chi connectivity index (χ0v) is 15.2. The number of aliphatic hydroxyl groups is 2. The van der Waals surface area contributed by atoms with E-state index < -0.39 is 12.1 Å². The molecule has 2 unspecified atom stereocenters. The summed E-state index contributed by atoms with van der Waals surface area (Å²) in [5.74, 6) is -0.554. The molecule has 0 fully saturated rings. The number of rotatable bonds is 13. The number of Topliss-reactive ketones (excluding diaryl/α,β-unsaturated/α-hetero) is 1. The SMILES string of the molecule is CC(O)CCCC(O)/C=C/C1=C(CCCCCCC(=O)O)C(=O)CC1. The third-order valence-corrected chi connectivity index (χ3v) is 4.55. The lowest BCUT2D eigenvalue weighted by atomic mass is 10.0. The number of carboxylic acids is 1. The number of allylic oxidation sites excluding steroid dienone is 3. The van der Waals surface area contributed by atoms with Crippen molar-refractivity contribution in [2.24, 2.45) is 0 Å². The summed E-state index contributed by atoms with van der Waals surface area (Å²) < 4.78 is 0. The summed E-state index contributed by atoms with van der Waals surface area (Å²) in [7, 11) is 0. The first-order valence-corrected chi connectivity index (χ1v) is 9.41. The number of carbonyl (C=O) groups is 2. The molecule has 0 aromatic rings. The molecular formula is C20H32O5. The van der Waals surface area contributed by atoms with Crippen LogP contribution in [-0.4, -0.2) is 39.3 Å². The van der Waals surface area contributed by atoms with Crippen LogP contribution in [0.1, 0.15) is 77.6 Å². The Labute approximate surface area is 150 Å². The number of carboxylic acid groups (broad SMARTS) is 1. The van der Waals surface area contributed by atoms with Crippen LogP contribution >= 0.6 is 0 Å². The van der Waals surface area contributed by atoms with Gasteiger partial charge in [-0.05, 0) is 63.0 Å². The molecule has 5 heteroatoms. The molecule has 0 radical (unpaired) electrons. The summed E-state index contributed by atoms with van der Waals surface area (Å²) in [4.78, 5) is 22.5. The van der Waals surface area contributed by atoms with Crippen LogP contribution in [0.2, 0.25) is 0 Å². The maximum atomic E-state index is 12.0. The lowest BCUT2D eigenvalue weighted by molar-refractivity contribution is -0.137. The second-order valence-electron chi connectivity index (χ2n) is 6.94. The van der Waals surface area contributed by atoms with Gasteiger partial charge in [0, 0.05) is 12.8 Å². The van der Waals surface area contributed by atoms with Crippen LogP contribution in [-0.2, 0) is 9.59 Å². The summed E-state index contributed by atoms with van der Waals surface area (Å²) in [6, 6.07) is 0. The Morgan fingerprint density at radius 3 is 2.48 bits per heavy atom. The van der Waals surface area contributed by atoms with E-state index in [-0.39, 0.29) is 18.3 Å². The molecule has 1 rings (SSSR count). The van der Waals surface area contributed by atoms with Crippen LogP contribution in [0.3, 0.4) is 0 Å². The van der Waals surface area contributed by atoms with Crippen LogP contribution in [0.15, 0.2) is 23.3 Å². The van der Waals surface area contributed by atoms with E-state index in [0.717, 1.165) is 49.7 Å². The molecule has 0 spiro atoms. The molecule has 5 nitrogen and oxygen atoms in total. The molecule has 0 heterocycles. The van der Waals surface area contributed by atoms with E-state index in [0.29, 0.717) is 25.7 Å². The van der Waals surface area contributed by atoms with Crippen LogP contribution in [0, 0.1) is 0 Å². The Morgan fingerprint density at radius 1 is 1.08 bits per heavy atom. The fraction of sp³-hybridized carbons (Fsp3) is 0.700. The predicted octanol–water partition coefficient (Wildman–Crippen LogP) is 3.54. The molecule has 0 saturated heterocycles. The predicted molar refractivity (Wildman–Crippen MR) is 97.3 cm³/mol. The molecule has 0 bridgehead atoms. The molecule has 0 amide bonds. The van der Waals surface area contributed by atoms with Crippen molar-refractivity contribution < 1.29 is 24.9 Å². The van der Waals surface area contributed by atoms with Crippen molar-refractivity contribution in [3.05, 3.63) is 23.3 Å². The van der Waals surface area contributed by atoms with Crippen molar-refractivity contribution >= 4 is 11.8 Å². The monoisotopic (exact) mass is 352 g/mol. The highest BCUT2D eigenvalue weighted by molar-refractivity contribution is 5.99. The number of ketones is 1. The zero-order chi connectivity index (χ0) is 18.7. The molecule has 0 aromatic heterocycles. The van der Waals surface area contributed by atoms with Crippen molar-refractivity contribution in [2.75, 3.05) is 0 Å². The summed E-state index contributed by atoms with van der Waals surface area (Å²) in [6.45, 7) is 1.74. The van der Waals surface area contributed by atoms with Crippen molar-refractivity contribution in [3.63, 3.8) is 0 Å². The second-order valence-corrected chi connectivity index (χ2v) is 6.94. The first kappa shape index (κ1) is 21.6. The summed E-state index contributed by atoms with van der Waals surface area (Å²) >= 11 is 0. The molecule has 1 aliphatic carbocycles. The standard InChI is InChI=1S/C20H32O5/c1-15(21)7-6-8-17(22)13-11-16-12-14-19(23)18(16)9-4-2-3-5-10-20(24)25/h11,13,15,17,21-22H,2-10,12,14H2,1H3,(H,24,25)/b13-11+. The fourth-order valence-corrected chi connectivity index (χ4v) is 3.09. The first-order chi connectivity index (χ1) is 11.9. The van der Waals surface area contributed by atoms with E-state index in [1.165, 1.54) is 0 Å². The van der Waals surface area contributed by atoms with Crippen molar-refractivity contribution in [2.45, 2.75) is 89.8 Å². The van der Waals surface area contributed by atoms with Crippen LogP contribution in [0.25, 0.3) is 0 Å². The van der Waals surface area contributed by atoms with E-state index in [9.17, 15) is 19.8 Å². The van der Waals surface area contributed by atoms with Gasteiger partial charge in [0.25, 0.3) is 0 Å². The first-order valence-electron chi connectivity index (χ1n) is 9.41. The van der Waals surface area contributed by atoms with Gasteiger partial charge >= 0.3 is 5.97 Å². The van der Waals surface area contributed by atoms with E-state index in [2.05, 4.69) is 0 Å². The Balaban J connectivity index is 2.39. The van der Waals surface area contributed by atoms with Crippen molar-refractivity contribution in [3.8, 4) is 0 Å². The van der Waals surface area contributed by atoms with Crippen LogP contribution < -0.4 is 0 Å². The van der Waals surface area contributed by atoms with Crippen LogP contribution in [0.5, 0.6) is 0 Å². The molecule has 0 saturated carbocycles. The maximum Gasteiger partial charge on any atom is 0.303 e. The van der Waals surface area contributed by atoms with Crippen LogP contribution in [0.4, 0.5) is 0 Å². The number of hydrogen-bond donors (Lipinski definition) is 3. The van der Waals surface area contributed by atoms with Gasteiger partial charge in [0.1, 0.15) is 0 Å². The van der Waals surface area contributed by atoms with Crippen molar-refractivity contribution in [1.82, 2.24) is 0 Å². The zero-order valence-electron chi connectivity index (χ0n) is 15.2. The highest BCUT2D eigenvalue weighted by Crippen LogP contribution is 2.28. The summed E-state index contributed by atoms with van der Waals surface area (Å²) in [6.07, 6.45) is 10.5. The number of aliphatic carboxylic acids is 1. The molecule has 2 atom stereocenters.